The first kappa shape index (κ1) is 21.6. The predicted octanol–water partition coefficient (Wildman–Crippen LogP) is 5.22. The first-order valence-corrected chi connectivity index (χ1v) is 12.1. The van der Waals surface area contributed by atoms with Gasteiger partial charge in [0, 0.05) is 39.0 Å². The minimum atomic E-state index is -1.24. The van der Waals surface area contributed by atoms with E-state index in [9.17, 15) is 14.7 Å². The summed E-state index contributed by atoms with van der Waals surface area (Å²) >= 11 is 0. The molecule has 0 spiro atoms. The third kappa shape index (κ3) is 2.98. The number of aliphatic hydroxyl groups is 1. The van der Waals surface area contributed by atoms with Gasteiger partial charge in [-0.15, -0.1) is 0 Å². The Labute approximate surface area is 192 Å². The Kier molecular flexibility index (Phi) is 5.01. The lowest BCUT2D eigenvalue weighted by molar-refractivity contribution is -0.152. The molecule has 0 radical (unpaired) electrons. The largest absolute Gasteiger partial charge is 0.382 e. The standard InChI is InChI=1S/C28H35NO3.H2/c1-17(30)28(32)14-13-25-23-11-7-19-15-21(31)10-12-22(19)26(23)24(16-27(25,28)2)18-5-8-20(9-6-18)29(3)4;/h5-6,8-9,15,23-25,32H,7,10-14,16H2,1-4H3;1H/t23-,24-,25+,27+,28+;/m1./s1. The van der Waals surface area contributed by atoms with Crippen molar-refractivity contribution in [2.24, 2.45) is 17.3 Å². The fourth-order valence-electron chi connectivity index (χ4n) is 7.55. The average Bonchev–Trinajstić information content (AvgIpc) is 3.04. The molecule has 2 saturated carbocycles. The first-order chi connectivity index (χ1) is 15.2. The van der Waals surface area contributed by atoms with Gasteiger partial charge in [-0.3, -0.25) is 9.59 Å². The molecular weight excluding hydrogens is 398 g/mol. The van der Waals surface area contributed by atoms with Gasteiger partial charge in [0.2, 0.25) is 0 Å². The Morgan fingerprint density at radius 1 is 1.12 bits per heavy atom. The Morgan fingerprint density at radius 2 is 1.84 bits per heavy atom. The van der Waals surface area contributed by atoms with Crippen molar-refractivity contribution in [2.75, 3.05) is 19.0 Å². The highest BCUT2D eigenvalue weighted by molar-refractivity contribution is 5.93. The van der Waals surface area contributed by atoms with Crippen LogP contribution in [0.1, 0.15) is 71.7 Å². The van der Waals surface area contributed by atoms with Crippen LogP contribution < -0.4 is 4.90 Å². The van der Waals surface area contributed by atoms with Crippen LogP contribution in [0.3, 0.4) is 0 Å². The van der Waals surface area contributed by atoms with Crippen molar-refractivity contribution in [1.82, 2.24) is 0 Å². The summed E-state index contributed by atoms with van der Waals surface area (Å²) in [5, 5.41) is 11.6. The van der Waals surface area contributed by atoms with Crippen LogP contribution in [0.15, 0.2) is 47.1 Å². The Hall–Kier alpha value is -2.20. The van der Waals surface area contributed by atoms with E-state index in [2.05, 4.69) is 36.1 Å². The Bertz CT molecular complexity index is 1040. The van der Waals surface area contributed by atoms with Gasteiger partial charge in [0.1, 0.15) is 5.60 Å². The minimum absolute atomic E-state index is 0. The molecule has 2 fully saturated rings. The van der Waals surface area contributed by atoms with Gasteiger partial charge in [-0.2, -0.15) is 0 Å². The quantitative estimate of drug-likeness (QED) is 0.707. The van der Waals surface area contributed by atoms with Crippen LogP contribution in [0.5, 0.6) is 0 Å². The molecule has 4 aliphatic carbocycles. The molecule has 0 saturated heterocycles. The molecule has 0 aromatic heterocycles. The van der Waals surface area contributed by atoms with Crippen LogP contribution in [0.2, 0.25) is 0 Å². The number of hydrogen-bond acceptors (Lipinski definition) is 4. The number of benzene rings is 1. The van der Waals surface area contributed by atoms with E-state index < -0.39 is 11.0 Å². The van der Waals surface area contributed by atoms with Gasteiger partial charge in [-0.1, -0.05) is 24.6 Å². The van der Waals surface area contributed by atoms with Crippen molar-refractivity contribution in [1.29, 1.82) is 0 Å². The second-order valence-electron chi connectivity index (χ2n) is 10.9. The van der Waals surface area contributed by atoms with E-state index in [1.54, 1.807) is 6.92 Å². The zero-order chi connectivity index (χ0) is 22.8. The summed E-state index contributed by atoms with van der Waals surface area (Å²) in [6, 6.07) is 8.78. The maximum Gasteiger partial charge on any atom is 0.161 e. The number of anilines is 1. The molecule has 172 valence electrons. The van der Waals surface area contributed by atoms with Gasteiger partial charge in [0.05, 0.1) is 0 Å². The van der Waals surface area contributed by atoms with E-state index in [4.69, 9.17) is 0 Å². The number of carbonyl (C=O) groups excluding carboxylic acids is 2. The maximum absolute atomic E-state index is 12.7. The van der Waals surface area contributed by atoms with Crippen molar-refractivity contribution < 1.29 is 16.1 Å². The monoisotopic (exact) mass is 435 g/mol. The zero-order valence-electron chi connectivity index (χ0n) is 19.8. The fraction of sp³-hybridized carbons (Fsp3) is 0.571. The van der Waals surface area contributed by atoms with E-state index in [1.165, 1.54) is 22.3 Å². The highest BCUT2D eigenvalue weighted by Crippen LogP contribution is 2.66. The van der Waals surface area contributed by atoms with Crippen LogP contribution in [-0.4, -0.2) is 36.4 Å². The number of nitrogens with zero attached hydrogens (tertiary/aromatic N) is 1. The number of hydrogen-bond donors (Lipinski definition) is 1. The normalized spacial score (nSPS) is 36.2. The summed E-state index contributed by atoms with van der Waals surface area (Å²) in [5.41, 5.74) is 4.91. The molecule has 1 aromatic rings. The van der Waals surface area contributed by atoms with Crippen molar-refractivity contribution in [3.63, 3.8) is 0 Å². The van der Waals surface area contributed by atoms with Crippen LogP contribution in [-0.2, 0) is 9.59 Å². The number of Topliss-reactive ketones (excluding diaryl/α,β-unsaturated/α-hetero) is 1. The van der Waals surface area contributed by atoms with E-state index in [0.717, 1.165) is 37.8 Å². The number of rotatable bonds is 3. The van der Waals surface area contributed by atoms with E-state index in [-0.39, 0.29) is 18.9 Å². The van der Waals surface area contributed by atoms with Crippen LogP contribution in [0.25, 0.3) is 0 Å². The summed E-state index contributed by atoms with van der Waals surface area (Å²) in [6.45, 7) is 3.74. The number of fused-ring (bicyclic) bond motifs is 4. The second kappa shape index (κ2) is 7.41. The topological polar surface area (TPSA) is 57.6 Å². The highest BCUT2D eigenvalue weighted by Gasteiger charge is 2.64. The lowest BCUT2D eigenvalue weighted by atomic mass is 9.51. The SMILES string of the molecule is CC(=O)[C@@]1(O)CC[C@H]2[C@H]3CCC4=CC(=O)CCC4=C3[C@@H](c3ccc(N(C)C)cc3)C[C@@]21C.[HH]. The van der Waals surface area contributed by atoms with Crippen molar-refractivity contribution in [3.8, 4) is 0 Å². The molecule has 4 nitrogen and oxygen atoms in total. The first-order valence-electron chi connectivity index (χ1n) is 12.1. The Morgan fingerprint density at radius 3 is 2.50 bits per heavy atom. The smallest absolute Gasteiger partial charge is 0.161 e. The van der Waals surface area contributed by atoms with Gasteiger partial charge < -0.3 is 10.0 Å². The average molecular weight is 436 g/mol. The van der Waals surface area contributed by atoms with Crippen LogP contribution >= 0.6 is 0 Å². The summed E-state index contributed by atoms with van der Waals surface area (Å²) in [7, 11) is 4.09. The molecule has 0 aliphatic heterocycles. The Balaban J connectivity index is 0.00000259. The van der Waals surface area contributed by atoms with Crippen LogP contribution in [0, 0.1) is 17.3 Å². The number of allylic oxidation sites excluding steroid dienone is 4. The molecule has 0 bridgehead atoms. The van der Waals surface area contributed by atoms with E-state index >= 15 is 0 Å². The molecule has 0 amide bonds. The fourth-order valence-corrected chi connectivity index (χ4v) is 7.55. The molecule has 0 unspecified atom stereocenters. The van der Waals surface area contributed by atoms with Gasteiger partial charge in [-0.05, 0) is 92.2 Å². The molecule has 4 aliphatic rings. The zero-order valence-corrected chi connectivity index (χ0v) is 19.8. The van der Waals surface area contributed by atoms with Crippen molar-refractivity contribution in [2.45, 2.75) is 70.3 Å². The maximum atomic E-state index is 12.7. The van der Waals surface area contributed by atoms with E-state index in [0.29, 0.717) is 24.7 Å². The summed E-state index contributed by atoms with van der Waals surface area (Å²) < 4.78 is 0. The molecule has 4 heteroatoms. The lowest BCUT2D eigenvalue weighted by Crippen LogP contribution is -2.55. The number of carbonyl (C=O) groups is 2. The molecule has 32 heavy (non-hydrogen) atoms. The third-order valence-corrected chi connectivity index (χ3v) is 9.28. The van der Waals surface area contributed by atoms with E-state index in [1.807, 2.05) is 20.2 Å². The predicted molar refractivity (Wildman–Crippen MR) is 129 cm³/mol. The van der Waals surface area contributed by atoms with Crippen LogP contribution in [0.4, 0.5) is 5.69 Å². The third-order valence-electron chi connectivity index (χ3n) is 9.28. The van der Waals surface area contributed by atoms with Gasteiger partial charge >= 0.3 is 0 Å². The molecule has 0 heterocycles. The lowest BCUT2D eigenvalue weighted by Gasteiger charge is -2.54. The number of ketones is 2. The molecule has 5 atom stereocenters. The molecule has 1 N–H and O–H groups in total. The van der Waals surface area contributed by atoms with Gasteiger partial charge in [0.25, 0.3) is 0 Å². The van der Waals surface area contributed by atoms with Gasteiger partial charge in [0.15, 0.2) is 11.6 Å². The second-order valence-corrected chi connectivity index (χ2v) is 10.9. The molecule has 5 rings (SSSR count). The summed E-state index contributed by atoms with van der Waals surface area (Å²) in [6.07, 6.45) is 7.53. The summed E-state index contributed by atoms with van der Waals surface area (Å²) in [4.78, 5) is 27.0. The van der Waals surface area contributed by atoms with Crippen molar-refractivity contribution >= 4 is 17.3 Å². The highest BCUT2D eigenvalue weighted by atomic mass is 16.3. The summed E-state index contributed by atoms with van der Waals surface area (Å²) in [5.74, 6) is 1.03. The molecular formula is C28H37NO3. The van der Waals surface area contributed by atoms with Gasteiger partial charge in [-0.25, -0.2) is 0 Å². The minimum Gasteiger partial charge on any atom is -0.382 e. The molecule has 1 aromatic carbocycles. The van der Waals surface area contributed by atoms with Crippen molar-refractivity contribution in [3.05, 3.63) is 52.6 Å².